The Balaban J connectivity index is 1.98. The minimum absolute atomic E-state index is 0.000154. The van der Waals surface area contributed by atoms with Gasteiger partial charge in [0.1, 0.15) is 0 Å². The van der Waals surface area contributed by atoms with Crippen molar-refractivity contribution in [3.05, 3.63) is 35.9 Å². The van der Waals surface area contributed by atoms with E-state index in [-0.39, 0.29) is 24.3 Å². The van der Waals surface area contributed by atoms with Gasteiger partial charge in [-0.05, 0) is 18.5 Å². The smallest absolute Gasteiger partial charge is 0.314 e. The molecule has 1 aromatic rings. The SMILES string of the molecule is COC(=O)C(CNC(=O)C1CCNC1)c1ccccc1. The number of esters is 1. The molecule has 0 aliphatic carbocycles. The average Bonchev–Trinajstić information content (AvgIpc) is 3.02. The van der Waals surface area contributed by atoms with Gasteiger partial charge in [0.15, 0.2) is 0 Å². The molecule has 2 unspecified atom stereocenters. The lowest BCUT2D eigenvalue weighted by Crippen LogP contribution is -2.36. The number of ether oxygens (including phenoxy) is 1. The summed E-state index contributed by atoms with van der Waals surface area (Å²) in [5.41, 5.74) is 0.851. The van der Waals surface area contributed by atoms with Crippen LogP contribution < -0.4 is 10.6 Å². The lowest BCUT2D eigenvalue weighted by molar-refractivity contribution is -0.142. The topological polar surface area (TPSA) is 67.4 Å². The van der Waals surface area contributed by atoms with Crippen LogP contribution in [0.4, 0.5) is 0 Å². The van der Waals surface area contributed by atoms with Crippen molar-refractivity contribution in [3.63, 3.8) is 0 Å². The molecule has 2 rings (SSSR count). The summed E-state index contributed by atoms with van der Waals surface area (Å²) in [6.07, 6.45) is 0.847. The van der Waals surface area contributed by atoms with Crippen LogP contribution in [0.2, 0.25) is 0 Å². The average molecular weight is 276 g/mol. The van der Waals surface area contributed by atoms with Crippen molar-refractivity contribution in [2.24, 2.45) is 5.92 Å². The number of rotatable bonds is 5. The lowest BCUT2D eigenvalue weighted by Gasteiger charge is -2.17. The van der Waals surface area contributed by atoms with Crippen molar-refractivity contribution in [2.45, 2.75) is 12.3 Å². The van der Waals surface area contributed by atoms with Gasteiger partial charge in [0.05, 0.1) is 18.9 Å². The molecule has 2 atom stereocenters. The molecule has 0 bridgehead atoms. The normalized spacial score (nSPS) is 19.4. The third kappa shape index (κ3) is 3.57. The van der Waals surface area contributed by atoms with Gasteiger partial charge >= 0.3 is 5.97 Å². The van der Waals surface area contributed by atoms with E-state index in [1.54, 1.807) is 0 Å². The van der Waals surface area contributed by atoms with Crippen LogP contribution in [0.3, 0.4) is 0 Å². The highest BCUT2D eigenvalue weighted by atomic mass is 16.5. The highest BCUT2D eigenvalue weighted by molar-refractivity contribution is 5.82. The van der Waals surface area contributed by atoms with Gasteiger partial charge < -0.3 is 15.4 Å². The molecule has 0 saturated carbocycles. The molecular formula is C15H20N2O3. The summed E-state index contributed by atoms with van der Waals surface area (Å²) in [6.45, 7) is 1.85. The summed E-state index contributed by atoms with van der Waals surface area (Å²) < 4.78 is 4.82. The first-order valence-corrected chi connectivity index (χ1v) is 6.83. The van der Waals surface area contributed by atoms with Gasteiger partial charge in [-0.15, -0.1) is 0 Å². The zero-order valence-electron chi connectivity index (χ0n) is 11.6. The van der Waals surface area contributed by atoms with E-state index >= 15 is 0 Å². The Morgan fingerprint density at radius 1 is 1.40 bits per heavy atom. The highest BCUT2D eigenvalue weighted by Crippen LogP contribution is 2.17. The maximum absolute atomic E-state index is 12.0. The van der Waals surface area contributed by atoms with Crippen molar-refractivity contribution in [1.29, 1.82) is 0 Å². The predicted molar refractivity (Wildman–Crippen MR) is 75.2 cm³/mol. The molecule has 1 saturated heterocycles. The van der Waals surface area contributed by atoms with Crippen LogP contribution in [0, 0.1) is 5.92 Å². The van der Waals surface area contributed by atoms with Crippen LogP contribution in [-0.4, -0.2) is 38.6 Å². The molecule has 1 fully saturated rings. The van der Waals surface area contributed by atoms with Gasteiger partial charge in [-0.25, -0.2) is 0 Å². The zero-order valence-corrected chi connectivity index (χ0v) is 11.6. The molecule has 5 nitrogen and oxygen atoms in total. The van der Waals surface area contributed by atoms with E-state index in [0.717, 1.165) is 18.5 Å². The number of carbonyl (C=O) groups is 2. The highest BCUT2D eigenvalue weighted by Gasteiger charge is 2.26. The van der Waals surface area contributed by atoms with Gasteiger partial charge in [0.2, 0.25) is 5.91 Å². The Hall–Kier alpha value is -1.88. The second kappa shape index (κ2) is 7.05. The molecule has 1 heterocycles. The molecule has 0 spiro atoms. The van der Waals surface area contributed by atoms with Crippen LogP contribution in [0.5, 0.6) is 0 Å². The number of carbonyl (C=O) groups excluding carboxylic acids is 2. The molecule has 0 radical (unpaired) electrons. The summed E-state index contributed by atoms with van der Waals surface area (Å²) >= 11 is 0. The third-order valence-corrected chi connectivity index (χ3v) is 3.60. The molecule has 0 aromatic heterocycles. The van der Waals surface area contributed by atoms with Crippen molar-refractivity contribution < 1.29 is 14.3 Å². The number of hydrogen-bond donors (Lipinski definition) is 2. The third-order valence-electron chi connectivity index (χ3n) is 3.60. The maximum atomic E-state index is 12.0. The van der Waals surface area contributed by atoms with Gasteiger partial charge in [0, 0.05) is 13.1 Å². The van der Waals surface area contributed by atoms with Gasteiger partial charge in [-0.3, -0.25) is 9.59 Å². The number of hydrogen-bond acceptors (Lipinski definition) is 4. The van der Waals surface area contributed by atoms with Crippen molar-refractivity contribution in [1.82, 2.24) is 10.6 Å². The van der Waals surface area contributed by atoms with E-state index < -0.39 is 5.92 Å². The maximum Gasteiger partial charge on any atom is 0.314 e. The van der Waals surface area contributed by atoms with Gasteiger partial charge in [0.25, 0.3) is 0 Å². The van der Waals surface area contributed by atoms with E-state index in [0.29, 0.717) is 6.54 Å². The Morgan fingerprint density at radius 3 is 2.75 bits per heavy atom. The largest absolute Gasteiger partial charge is 0.468 e. The minimum Gasteiger partial charge on any atom is -0.468 e. The van der Waals surface area contributed by atoms with Crippen LogP contribution >= 0.6 is 0 Å². The monoisotopic (exact) mass is 276 g/mol. The summed E-state index contributed by atoms with van der Waals surface area (Å²) in [5.74, 6) is -0.788. The summed E-state index contributed by atoms with van der Waals surface area (Å²) in [4.78, 5) is 23.8. The van der Waals surface area contributed by atoms with E-state index in [1.165, 1.54) is 7.11 Å². The number of nitrogens with one attached hydrogen (secondary N) is 2. The van der Waals surface area contributed by atoms with Crippen LogP contribution in [0.15, 0.2) is 30.3 Å². The standard InChI is InChI=1S/C15H20N2O3/c1-20-15(19)13(11-5-3-2-4-6-11)10-17-14(18)12-7-8-16-9-12/h2-6,12-13,16H,7-10H2,1H3,(H,17,18). The molecule has 1 aromatic carbocycles. The van der Waals surface area contributed by atoms with Crippen LogP contribution in [0.25, 0.3) is 0 Å². The number of amides is 1. The Labute approximate surface area is 118 Å². The van der Waals surface area contributed by atoms with Crippen LogP contribution in [-0.2, 0) is 14.3 Å². The van der Waals surface area contributed by atoms with E-state index in [1.807, 2.05) is 30.3 Å². The van der Waals surface area contributed by atoms with Crippen molar-refractivity contribution in [3.8, 4) is 0 Å². The lowest BCUT2D eigenvalue weighted by atomic mass is 9.98. The van der Waals surface area contributed by atoms with Gasteiger partial charge in [-0.1, -0.05) is 30.3 Å². The van der Waals surface area contributed by atoms with E-state index in [2.05, 4.69) is 10.6 Å². The molecule has 1 aliphatic heterocycles. The number of benzene rings is 1. The molecule has 5 heteroatoms. The first kappa shape index (κ1) is 14.5. The summed E-state index contributed by atoms with van der Waals surface area (Å²) in [5, 5.41) is 6.01. The molecule has 2 N–H and O–H groups in total. The molecule has 1 amide bonds. The Bertz CT molecular complexity index is 455. The fraction of sp³-hybridized carbons (Fsp3) is 0.467. The molecule has 20 heavy (non-hydrogen) atoms. The number of methoxy groups -OCH3 is 1. The summed E-state index contributed by atoms with van der Waals surface area (Å²) in [7, 11) is 1.36. The fourth-order valence-corrected chi connectivity index (χ4v) is 2.39. The molecule has 108 valence electrons. The van der Waals surface area contributed by atoms with Crippen molar-refractivity contribution >= 4 is 11.9 Å². The Morgan fingerprint density at radius 2 is 2.15 bits per heavy atom. The zero-order chi connectivity index (χ0) is 14.4. The summed E-state index contributed by atoms with van der Waals surface area (Å²) in [6, 6.07) is 9.36. The first-order chi connectivity index (χ1) is 9.72. The van der Waals surface area contributed by atoms with Gasteiger partial charge in [-0.2, -0.15) is 0 Å². The second-order valence-electron chi connectivity index (χ2n) is 4.92. The molecular weight excluding hydrogens is 256 g/mol. The second-order valence-corrected chi connectivity index (χ2v) is 4.92. The molecule has 1 aliphatic rings. The minimum atomic E-state index is -0.459. The first-order valence-electron chi connectivity index (χ1n) is 6.83. The predicted octanol–water partition coefficient (Wildman–Crippen LogP) is 0.669. The quantitative estimate of drug-likeness (QED) is 0.776. The van der Waals surface area contributed by atoms with Crippen molar-refractivity contribution in [2.75, 3.05) is 26.7 Å². The van der Waals surface area contributed by atoms with Crippen LogP contribution in [0.1, 0.15) is 17.9 Å². The van der Waals surface area contributed by atoms with E-state index in [9.17, 15) is 9.59 Å². The Kier molecular flexibility index (Phi) is 5.12. The van der Waals surface area contributed by atoms with E-state index in [4.69, 9.17) is 4.74 Å². The fourth-order valence-electron chi connectivity index (χ4n) is 2.39.